The van der Waals surface area contributed by atoms with Gasteiger partial charge in [0.05, 0.1) is 0 Å². The molecule has 1 atom stereocenters. The van der Waals surface area contributed by atoms with E-state index in [1.165, 1.54) is 4.90 Å². The quantitative estimate of drug-likeness (QED) is 0.754. The first-order chi connectivity index (χ1) is 9.54. The molecule has 1 aromatic rings. The highest BCUT2D eigenvalue weighted by Crippen LogP contribution is 2.20. The Bertz CT molecular complexity index is 540. The number of hydrogen-bond donors (Lipinski definition) is 1. The second kappa shape index (κ2) is 5.55. The fourth-order valence-corrected chi connectivity index (χ4v) is 1.42. The number of amides is 2. The molecule has 10 heteroatoms. The highest BCUT2D eigenvalue weighted by Gasteiger charge is 2.35. The van der Waals surface area contributed by atoms with Gasteiger partial charge in [0, 0.05) is 20.6 Å². The summed E-state index contributed by atoms with van der Waals surface area (Å²) in [5, 5.41) is 14.8. The molecule has 108 valence electrons. The number of hydrazone groups is 1. The number of anilines is 1. The molecule has 2 rings (SSSR count). The normalized spacial score (nSPS) is 16.9. The topological polar surface area (TPSA) is 113 Å². The van der Waals surface area contributed by atoms with E-state index >= 15 is 0 Å². The van der Waals surface area contributed by atoms with Crippen LogP contribution in [0.1, 0.15) is 17.6 Å². The van der Waals surface area contributed by atoms with E-state index in [0.717, 1.165) is 11.4 Å². The Balaban J connectivity index is 2.16. The summed E-state index contributed by atoms with van der Waals surface area (Å²) in [7, 11) is 3.11. The van der Waals surface area contributed by atoms with Crippen LogP contribution in [-0.2, 0) is 9.53 Å². The molecule has 1 aliphatic rings. The van der Waals surface area contributed by atoms with Crippen molar-refractivity contribution in [2.75, 3.05) is 25.6 Å². The number of carbonyl (C=O) groups excluding carboxylic acids is 2. The van der Waals surface area contributed by atoms with E-state index in [1.54, 1.807) is 21.0 Å². The standard InChI is InChI=1S/C10H14N6O4/c1-4-11-6(17)9-16(12-5-19-9)10-14-13-7(20-10)8(18)15(2)3/h5,9H,4H2,1-3H3,(H,11,17). The van der Waals surface area contributed by atoms with Crippen LogP contribution in [0.5, 0.6) is 0 Å². The molecule has 0 spiro atoms. The molecule has 20 heavy (non-hydrogen) atoms. The first-order valence-corrected chi connectivity index (χ1v) is 5.84. The van der Waals surface area contributed by atoms with Crippen LogP contribution < -0.4 is 10.3 Å². The van der Waals surface area contributed by atoms with Crippen LogP contribution in [0, 0.1) is 0 Å². The number of nitrogens with zero attached hydrogens (tertiary/aromatic N) is 5. The van der Waals surface area contributed by atoms with Crippen LogP contribution in [0.3, 0.4) is 0 Å². The van der Waals surface area contributed by atoms with Crippen LogP contribution in [0.15, 0.2) is 9.52 Å². The van der Waals surface area contributed by atoms with Crippen molar-refractivity contribution in [2.45, 2.75) is 13.2 Å². The number of hydrogen-bond acceptors (Lipinski definition) is 8. The fourth-order valence-electron chi connectivity index (χ4n) is 1.42. The molecular formula is C10H14N6O4. The lowest BCUT2D eigenvalue weighted by atomic mass is 10.5. The number of ether oxygens (including phenoxy) is 1. The monoisotopic (exact) mass is 282 g/mol. The van der Waals surface area contributed by atoms with Crippen molar-refractivity contribution in [3.8, 4) is 0 Å². The predicted octanol–water partition coefficient (Wildman–Crippen LogP) is -0.986. The van der Waals surface area contributed by atoms with Gasteiger partial charge in [-0.15, -0.1) is 10.2 Å². The van der Waals surface area contributed by atoms with Gasteiger partial charge in [0.1, 0.15) is 0 Å². The van der Waals surface area contributed by atoms with Crippen LogP contribution in [0.4, 0.5) is 6.01 Å². The fraction of sp³-hybridized carbons (Fsp3) is 0.500. The number of nitrogens with one attached hydrogen (secondary N) is 1. The maximum Gasteiger partial charge on any atom is 0.343 e. The van der Waals surface area contributed by atoms with Gasteiger partial charge in [-0.2, -0.15) is 5.01 Å². The van der Waals surface area contributed by atoms with E-state index in [2.05, 4.69) is 20.6 Å². The summed E-state index contributed by atoms with van der Waals surface area (Å²) in [4.78, 5) is 24.7. The van der Waals surface area contributed by atoms with Crippen molar-refractivity contribution in [2.24, 2.45) is 5.10 Å². The minimum atomic E-state index is -1.03. The lowest BCUT2D eigenvalue weighted by Gasteiger charge is -2.16. The molecule has 0 saturated heterocycles. The largest absolute Gasteiger partial charge is 0.447 e. The molecule has 2 amide bonds. The zero-order chi connectivity index (χ0) is 14.7. The lowest BCUT2D eigenvalue weighted by molar-refractivity contribution is -0.127. The summed E-state index contributed by atoms with van der Waals surface area (Å²) in [5.41, 5.74) is 0. The second-order valence-corrected chi connectivity index (χ2v) is 4.04. The summed E-state index contributed by atoms with van der Waals surface area (Å²) in [6.07, 6.45) is 0.0649. The molecule has 0 fully saturated rings. The molecule has 0 bridgehead atoms. The summed E-state index contributed by atoms with van der Waals surface area (Å²) in [6, 6.07) is -0.0970. The Kier molecular flexibility index (Phi) is 3.82. The van der Waals surface area contributed by atoms with Crippen molar-refractivity contribution in [1.29, 1.82) is 0 Å². The molecule has 0 aliphatic carbocycles. The lowest BCUT2D eigenvalue weighted by Crippen LogP contribution is -2.43. The minimum Gasteiger partial charge on any atom is -0.447 e. The number of likely N-dealkylation sites (N-methyl/N-ethyl adjacent to an activating group) is 1. The zero-order valence-corrected chi connectivity index (χ0v) is 11.2. The van der Waals surface area contributed by atoms with Crippen LogP contribution in [-0.4, -0.2) is 60.2 Å². The van der Waals surface area contributed by atoms with E-state index in [1.807, 2.05) is 0 Å². The number of aromatic nitrogens is 2. The van der Waals surface area contributed by atoms with Crippen molar-refractivity contribution >= 4 is 24.2 Å². The Hall–Kier alpha value is -2.65. The molecule has 0 saturated carbocycles. The zero-order valence-electron chi connectivity index (χ0n) is 11.2. The Morgan fingerprint density at radius 3 is 2.85 bits per heavy atom. The molecule has 2 heterocycles. The average Bonchev–Trinajstić information content (AvgIpc) is 3.06. The maximum absolute atomic E-state index is 11.8. The van der Waals surface area contributed by atoms with Gasteiger partial charge in [-0.1, -0.05) is 5.10 Å². The average molecular weight is 282 g/mol. The first-order valence-electron chi connectivity index (χ1n) is 5.84. The van der Waals surface area contributed by atoms with E-state index < -0.39 is 18.0 Å². The SMILES string of the molecule is CCNC(=O)C1OC=NN1c1nnc(C(=O)N(C)C)o1. The molecule has 10 nitrogen and oxygen atoms in total. The van der Waals surface area contributed by atoms with Gasteiger partial charge in [-0.25, -0.2) is 0 Å². The van der Waals surface area contributed by atoms with Gasteiger partial charge in [0.2, 0.25) is 0 Å². The summed E-state index contributed by atoms with van der Waals surface area (Å²) in [6.45, 7) is 2.22. The van der Waals surface area contributed by atoms with Crippen LogP contribution in [0.2, 0.25) is 0 Å². The summed E-state index contributed by atoms with van der Waals surface area (Å²) >= 11 is 0. The van der Waals surface area contributed by atoms with E-state index in [9.17, 15) is 9.59 Å². The number of rotatable bonds is 4. The van der Waals surface area contributed by atoms with Crippen molar-refractivity contribution in [3.63, 3.8) is 0 Å². The third kappa shape index (κ3) is 2.53. The third-order valence-electron chi connectivity index (χ3n) is 2.36. The molecule has 0 aromatic carbocycles. The Labute approximate surface area is 114 Å². The van der Waals surface area contributed by atoms with E-state index in [-0.39, 0.29) is 11.9 Å². The van der Waals surface area contributed by atoms with E-state index in [4.69, 9.17) is 9.15 Å². The molecule has 0 radical (unpaired) electrons. The van der Waals surface area contributed by atoms with Gasteiger partial charge < -0.3 is 19.4 Å². The highest BCUT2D eigenvalue weighted by molar-refractivity contribution is 5.89. The Morgan fingerprint density at radius 2 is 2.20 bits per heavy atom. The third-order valence-corrected chi connectivity index (χ3v) is 2.36. The van der Waals surface area contributed by atoms with Gasteiger partial charge in [-0.3, -0.25) is 9.59 Å². The van der Waals surface area contributed by atoms with Gasteiger partial charge >= 0.3 is 17.8 Å². The van der Waals surface area contributed by atoms with Crippen LogP contribution >= 0.6 is 0 Å². The molecule has 1 unspecified atom stereocenters. The Morgan fingerprint density at radius 1 is 1.45 bits per heavy atom. The number of carbonyl (C=O) groups is 2. The van der Waals surface area contributed by atoms with Gasteiger partial charge in [0.15, 0.2) is 6.40 Å². The summed E-state index contributed by atoms with van der Waals surface area (Å²) < 4.78 is 10.2. The maximum atomic E-state index is 11.8. The molecule has 1 aromatic heterocycles. The molecular weight excluding hydrogens is 268 g/mol. The highest BCUT2D eigenvalue weighted by atomic mass is 16.5. The van der Waals surface area contributed by atoms with Gasteiger partial charge in [-0.05, 0) is 6.92 Å². The van der Waals surface area contributed by atoms with Crippen LogP contribution in [0.25, 0.3) is 0 Å². The minimum absolute atomic E-state index is 0.0970. The second-order valence-electron chi connectivity index (χ2n) is 4.04. The molecule has 1 N–H and O–H groups in total. The first kappa shape index (κ1) is 13.8. The van der Waals surface area contributed by atoms with Crippen molar-refractivity contribution in [1.82, 2.24) is 20.4 Å². The molecule has 1 aliphatic heterocycles. The van der Waals surface area contributed by atoms with Gasteiger partial charge in [0.25, 0.3) is 12.1 Å². The van der Waals surface area contributed by atoms with Crippen molar-refractivity contribution < 1.29 is 18.7 Å². The van der Waals surface area contributed by atoms with E-state index in [0.29, 0.717) is 6.54 Å². The summed E-state index contributed by atoms with van der Waals surface area (Å²) in [5.74, 6) is -1.03. The smallest absolute Gasteiger partial charge is 0.343 e. The predicted molar refractivity (Wildman–Crippen MR) is 66.8 cm³/mol. The van der Waals surface area contributed by atoms with Crippen molar-refractivity contribution in [3.05, 3.63) is 5.89 Å².